The molecule has 2 aromatic carbocycles. The number of hydrogen-bond acceptors (Lipinski definition) is 3. The number of amides is 1. The van der Waals surface area contributed by atoms with Gasteiger partial charge >= 0.3 is 0 Å². The summed E-state index contributed by atoms with van der Waals surface area (Å²) in [4.78, 5) is 11.4. The van der Waals surface area contributed by atoms with Crippen molar-refractivity contribution in [1.29, 1.82) is 0 Å². The number of nitrogens with two attached hydrogens (primary N) is 1. The van der Waals surface area contributed by atoms with E-state index in [1.165, 1.54) is 0 Å². The fraction of sp³-hybridized carbons (Fsp3) is 0.133. The molecule has 1 aliphatic rings. The molecule has 5 heteroatoms. The van der Waals surface area contributed by atoms with Crippen LogP contribution in [0.5, 0.6) is 11.5 Å². The largest absolute Gasteiger partial charge is 0.455 e. The molecule has 0 radical (unpaired) electrons. The lowest BCUT2D eigenvalue weighted by atomic mass is 10.0. The van der Waals surface area contributed by atoms with E-state index in [4.69, 9.17) is 10.5 Å². The molecule has 102 valence electrons. The Morgan fingerprint density at radius 1 is 1.20 bits per heavy atom. The standard InChI is InChI=1S/C15H13IN2O2/c16-10-2-1-3-11(7-10)20-14-6-9-4-5-15(19)18-13(9)8-12(14)17/h1-3,6-8H,4-5,17H2,(H,18,19). The lowest BCUT2D eigenvalue weighted by Crippen LogP contribution is -2.19. The van der Waals surface area contributed by atoms with Crippen molar-refractivity contribution in [1.82, 2.24) is 0 Å². The van der Waals surface area contributed by atoms with Crippen LogP contribution in [0.3, 0.4) is 0 Å². The van der Waals surface area contributed by atoms with Crippen LogP contribution in [0.2, 0.25) is 0 Å². The van der Waals surface area contributed by atoms with Crippen LogP contribution in [0.15, 0.2) is 36.4 Å². The second kappa shape index (κ2) is 5.32. The molecule has 0 bridgehead atoms. The maximum absolute atomic E-state index is 11.4. The summed E-state index contributed by atoms with van der Waals surface area (Å²) in [6.07, 6.45) is 1.21. The minimum absolute atomic E-state index is 0.0307. The average Bonchev–Trinajstić information content (AvgIpc) is 2.40. The number of nitrogen functional groups attached to an aromatic ring is 1. The molecule has 3 N–H and O–H groups in total. The molecule has 2 aromatic rings. The Morgan fingerprint density at radius 2 is 2.05 bits per heavy atom. The fourth-order valence-corrected chi connectivity index (χ4v) is 2.68. The number of rotatable bonds is 2. The van der Waals surface area contributed by atoms with Gasteiger partial charge in [0.25, 0.3) is 0 Å². The number of ether oxygens (including phenoxy) is 1. The van der Waals surface area contributed by atoms with Gasteiger partial charge in [-0.25, -0.2) is 0 Å². The van der Waals surface area contributed by atoms with Gasteiger partial charge in [-0.3, -0.25) is 4.79 Å². The first kappa shape index (κ1) is 13.2. The lowest BCUT2D eigenvalue weighted by Gasteiger charge is -2.19. The SMILES string of the molecule is Nc1cc2c(cc1Oc1cccc(I)c1)CCC(=O)N2. The molecule has 0 fully saturated rings. The molecule has 1 aliphatic heterocycles. The zero-order chi connectivity index (χ0) is 14.1. The zero-order valence-corrected chi connectivity index (χ0v) is 12.8. The highest BCUT2D eigenvalue weighted by Gasteiger charge is 2.17. The van der Waals surface area contributed by atoms with E-state index in [0.29, 0.717) is 24.3 Å². The number of halogens is 1. The van der Waals surface area contributed by atoms with Crippen LogP contribution >= 0.6 is 22.6 Å². The van der Waals surface area contributed by atoms with Gasteiger partial charge in [0.15, 0.2) is 5.75 Å². The summed E-state index contributed by atoms with van der Waals surface area (Å²) in [7, 11) is 0. The van der Waals surface area contributed by atoms with Crippen LogP contribution in [0, 0.1) is 3.57 Å². The maximum Gasteiger partial charge on any atom is 0.224 e. The van der Waals surface area contributed by atoms with Crippen LogP contribution in [0.4, 0.5) is 11.4 Å². The maximum atomic E-state index is 11.4. The average molecular weight is 380 g/mol. The van der Waals surface area contributed by atoms with Crippen molar-refractivity contribution >= 4 is 39.9 Å². The molecule has 4 nitrogen and oxygen atoms in total. The van der Waals surface area contributed by atoms with Gasteiger partial charge in [-0.1, -0.05) is 6.07 Å². The first-order valence-corrected chi connectivity index (χ1v) is 7.35. The van der Waals surface area contributed by atoms with Crippen LogP contribution in [-0.4, -0.2) is 5.91 Å². The number of carbonyl (C=O) groups excluding carboxylic acids is 1. The molecule has 0 aromatic heterocycles. The molecule has 0 atom stereocenters. The molecule has 1 heterocycles. The van der Waals surface area contributed by atoms with E-state index in [0.717, 1.165) is 20.6 Å². The van der Waals surface area contributed by atoms with E-state index in [2.05, 4.69) is 27.9 Å². The van der Waals surface area contributed by atoms with Gasteiger partial charge in [-0.15, -0.1) is 0 Å². The quantitative estimate of drug-likeness (QED) is 0.619. The van der Waals surface area contributed by atoms with E-state index in [1.807, 2.05) is 30.3 Å². The fourth-order valence-electron chi connectivity index (χ4n) is 2.17. The number of benzene rings is 2. The molecule has 1 amide bonds. The third-order valence-corrected chi connectivity index (χ3v) is 3.83. The first-order chi connectivity index (χ1) is 9.61. The summed E-state index contributed by atoms with van der Waals surface area (Å²) < 4.78 is 6.94. The zero-order valence-electron chi connectivity index (χ0n) is 10.7. The highest BCUT2D eigenvalue weighted by molar-refractivity contribution is 14.1. The molecule has 20 heavy (non-hydrogen) atoms. The van der Waals surface area contributed by atoms with Crippen molar-refractivity contribution in [3.8, 4) is 11.5 Å². The van der Waals surface area contributed by atoms with Crippen LogP contribution < -0.4 is 15.8 Å². The van der Waals surface area contributed by atoms with Gasteiger partial charge in [-0.2, -0.15) is 0 Å². The smallest absolute Gasteiger partial charge is 0.224 e. The second-order valence-electron chi connectivity index (χ2n) is 4.65. The van der Waals surface area contributed by atoms with Crippen molar-refractivity contribution < 1.29 is 9.53 Å². The molecule has 3 rings (SSSR count). The minimum Gasteiger partial charge on any atom is -0.455 e. The Balaban J connectivity index is 1.92. The summed E-state index contributed by atoms with van der Waals surface area (Å²) in [5.74, 6) is 1.41. The molecular weight excluding hydrogens is 367 g/mol. The Kier molecular flexibility index (Phi) is 3.52. The molecule has 0 aliphatic carbocycles. The monoisotopic (exact) mass is 380 g/mol. The first-order valence-electron chi connectivity index (χ1n) is 6.27. The Labute approximate surface area is 130 Å². The van der Waals surface area contributed by atoms with E-state index >= 15 is 0 Å². The third-order valence-electron chi connectivity index (χ3n) is 3.16. The van der Waals surface area contributed by atoms with Crippen LogP contribution in [0.25, 0.3) is 0 Å². The van der Waals surface area contributed by atoms with Crippen molar-refractivity contribution in [3.63, 3.8) is 0 Å². The third kappa shape index (κ3) is 2.72. The van der Waals surface area contributed by atoms with E-state index in [-0.39, 0.29) is 5.91 Å². The summed E-state index contributed by atoms with van der Waals surface area (Å²) in [6, 6.07) is 11.4. The summed E-state index contributed by atoms with van der Waals surface area (Å²) in [6.45, 7) is 0. The second-order valence-corrected chi connectivity index (χ2v) is 5.90. The van der Waals surface area contributed by atoms with Crippen LogP contribution in [-0.2, 0) is 11.2 Å². The lowest BCUT2D eigenvalue weighted by molar-refractivity contribution is -0.116. The van der Waals surface area contributed by atoms with Crippen molar-refractivity contribution in [3.05, 3.63) is 45.5 Å². The molecular formula is C15H13IN2O2. The molecule has 0 saturated carbocycles. The van der Waals surface area contributed by atoms with Gasteiger partial charge < -0.3 is 15.8 Å². The number of carbonyl (C=O) groups is 1. The normalized spacial score (nSPS) is 13.6. The Morgan fingerprint density at radius 3 is 2.85 bits per heavy atom. The van der Waals surface area contributed by atoms with Gasteiger partial charge in [0, 0.05) is 15.7 Å². The molecule has 0 spiro atoms. The topological polar surface area (TPSA) is 64.3 Å². The Bertz CT molecular complexity index is 686. The highest BCUT2D eigenvalue weighted by atomic mass is 127. The van der Waals surface area contributed by atoms with E-state index in [1.54, 1.807) is 6.07 Å². The van der Waals surface area contributed by atoms with Crippen LogP contribution in [0.1, 0.15) is 12.0 Å². The number of anilines is 2. The van der Waals surface area contributed by atoms with Gasteiger partial charge in [0.2, 0.25) is 5.91 Å². The van der Waals surface area contributed by atoms with Crippen molar-refractivity contribution in [2.75, 3.05) is 11.1 Å². The minimum atomic E-state index is 0.0307. The number of aryl methyl sites for hydroxylation is 1. The van der Waals surface area contributed by atoms with Gasteiger partial charge in [0.05, 0.1) is 5.69 Å². The number of nitrogens with one attached hydrogen (secondary N) is 1. The predicted octanol–water partition coefficient (Wildman–Crippen LogP) is 3.55. The van der Waals surface area contributed by atoms with E-state index < -0.39 is 0 Å². The predicted molar refractivity (Wildman–Crippen MR) is 87.0 cm³/mol. The van der Waals surface area contributed by atoms with Crippen molar-refractivity contribution in [2.45, 2.75) is 12.8 Å². The highest BCUT2D eigenvalue weighted by Crippen LogP contribution is 2.35. The summed E-state index contributed by atoms with van der Waals surface area (Å²) >= 11 is 2.23. The summed E-state index contributed by atoms with van der Waals surface area (Å²) in [5, 5.41) is 2.83. The number of fused-ring (bicyclic) bond motifs is 1. The summed E-state index contributed by atoms with van der Waals surface area (Å²) in [5.41, 5.74) is 8.36. The van der Waals surface area contributed by atoms with Gasteiger partial charge in [-0.05, 0) is 64.9 Å². The van der Waals surface area contributed by atoms with Crippen molar-refractivity contribution in [2.24, 2.45) is 0 Å². The Hall–Kier alpha value is -1.76. The molecule has 0 unspecified atom stereocenters. The van der Waals surface area contributed by atoms with Gasteiger partial charge in [0.1, 0.15) is 5.75 Å². The molecule has 0 saturated heterocycles. The number of hydrogen-bond donors (Lipinski definition) is 2. The van der Waals surface area contributed by atoms with E-state index in [9.17, 15) is 4.79 Å².